The highest BCUT2D eigenvalue weighted by Crippen LogP contribution is 2.42. The summed E-state index contributed by atoms with van der Waals surface area (Å²) in [6.07, 6.45) is 5.78. The van der Waals surface area contributed by atoms with Crippen LogP contribution in [0.3, 0.4) is 0 Å². The lowest BCUT2D eigenvalue weighted by Crippen LogP contribution is -2.26. The second kappa shape index (κ2) is 7.93. The number of rotatable bonds is 7. The first-order chi connectivity index (χ1) is 14.0. The second-order valence-electron chi connectivity index (χ2n) is 7.75. The van der Waals surface area contributed by atoms with Crippen molar-refractivity contribution in [1.29, 1.82) is 0 Å². The zero-order valence-corrected chi connectivity index (χ0v) is 17.2. The van der Waals surface area contributed by atoms with Crippen LogP contribution in [0.5, 0.6) is 11.5 Å². The Labute approximate surface area is 170 Å². The van der Waals surface area contributed by atoms with Crippen molar-refractivity contribution in [2.24, 2.45) is 5.92 Å². The Morgan fingerprint density at radius 3 is 2.62 bits per heavy atom. The van der Waals surface area contributed by atoms with E-state index < -0.39 is 5.97 Å². The van der Waals surface area contributed by atoms with Crippen molar-refractivity contribution in [3.05, 3.63) is 45.7 Å². The minimum Gasteiger partial charge on any atom is -0.493 e. The Balaban J connectivity index is 1.79. The van der Waals surface area contributed by atoms with Crippen LogP contribution in [0.25, 0.3) is 11.3 Å². The van der Waals surface area contributed by atoms with E-state index in [9.17, 15) is 9.59 Å². The van der Waals surface area contributed by atoms with Crippen LogP contribution in [-0.2, 0) is 11.2 Å². The summed E-state index contributed by atoms with van der Waals surface area (Å²) >= 11 is 0. The van der Waals surface area contributed by atoms with Crippen LogP contribution in [0.1, 0.15) is 55.1 Å². The zero-order valence-electron chi connectivity index (χ0n) is 17.2. The van der Waals surface area contributed by atoms with Crippen molar-refractivity contribution in [2.45, 2.75) is 45.6 Å². The number of fused-ring (bicyclic) bond motifs is 3. The standard InChI is InChI=1S/C23H27NO5/c1-4-16-8-15-9-22(29-13-14-6-7-14)21(27-3)10-17(15)19-11-20(25)18(12-24(16)19)23(26)28-5-2/h9-12,14,16H,4-8,13H2,1-3H3. The molecule has 1 fully saturated rings. The molecule has 29 heavy (non-hydrogen) atoms. The van der Waals surface area contributed by atoms with Crippen LogP contribution in [0.4, 0.5) is 0 Å². The van der Waals surface area contributed by atoms with E-state index in [4.69, 9.17) is 14.2 Å². The number of benzene rings is 1. The molecule has 4 rings (SSSR count). The molecular weight excluding hydrogens is 370 g/mol. The summed E-state index contributed by atoms with van der Waals surface area (Å²) in [4.78, 5) is 24.8. The van der Waals surface area contributed by atoms with Gasteiger partial charge in [0.15, 0.2) is 16.9 Å². The first kappa shape index (κ1) is 19.6. The SMILES string of the molecule is CCOC(=O)c1cn2c(cc1=O)-c1cc(OC)c(OCC3CC3)cc1CC2CC. The highest BCUT2D eigenvalue weighted by Gasteiger charge is 2.28. The van der Waals surface area contributed by atoms with E-state index >= 15 is 0 Å². The summed E-state index contributed by atoms with van der Waals surface area (Å²) in [5.41, 5.74) is 2.62. The van der Waals surface area contributed by atoms with E-state index in [0.717, 1.165) is 35.4 Å². The number of pyridine rings is 1. The van der Waals surface area contributed by atoms with Gasteiger partial charge in [-0.05, 0) is 56.2 Å². The van der Waals surface area contributed by atoms with Gasteiger partial charge < -0.3 is 18.8 Å². The number of carbonyl (C=O) groups is 1. The topological polar surface area (TPSA) is 66.8 Å². The fourth-order valence-corrected chi connectivity index (χ4v) is 3.90. The van der Waals surface area contributed by atoms with Crippen molar-refractivity contribution in [3.8, 4) is 22.8 Å². The van der Waals surface area contributed by atoms with E-state index in [1.165, 1.54) is 18.9 Å². The third kappa shape index (κ3) is 3.76. The molecule has 0 bridgehead atoms. The lowest BCUT2D eigenvalue weighted by Gasteiger charge is -2.31. The van der Waals surface area contributed by atoms with Gasteiger partial charge in [-0.1, -0.05) is 6.92 Å². The molecule has 1 atom stereocenters. The molecule has 2 aliphatic rings. The molecule has 1 saturated carbocycles. The maximum absolute atomic E-state index is 12.6. The number of ether oxygens (including phenoxy) is 3. The highest BCUT2D eigenvalue weighted by molar-refractivity contribution is 5.89. The van der Waals surface area contributed by atoms with Crippen molar-refractivity contribution < 1.29 is 19.0 Å². The van der Waals surface area contributed by atoms with Crippen LogP contribution < -0.4 is 14.9 Å². The largest absolute Gasteiger partial charge is 0.493 e. The predicted molar refractivity (Wildman–Crippen MR) is 110 cm³/mol. The highest BCUT2D eigenvalue weighted by atomic mass is 16.5. The lowest BCUT2D eigenvalue weighted by molar-refractivity contribution is 0.0523. The summed E-state index contributed by atoms with van der Waals surface area (Å²) in [6.45, 7) is 4.79. The van der Waals surface area contributed by atoms with Crippen molar-refractivity contribution in [1.82, 2.24) is 4.57 Å². The molecule has 0 radical (unpaired) electrons. The van der Waals surface area contributed by atoms with Gasteiger partial charge in [-0.25, -0.2) is 4.79 Å². The van der Waals surface area contributed by atoms with Crippen LogP contribution in [0, 0.1) is 5.92 Å². The first-order valence-electron chi connectivity index (χ1n) is 10.3. The number of aromatic nitrogens is 1. The third-order valence-corrected chi connectivity index (χ3v) is 5.73. The molecule has 0 spiro atoms. The van der Waals surface area contributed by atoms with Crippen LogP contribution >= 0.6 is 0 Å². The van der Waals surface area contributed by atoms with Crippen LogP contribution in [-0.4, -0.2) is 30.9 Å². The Hall–Kier alpha value is -2.76. The molecule has 0 saturated heterocycles. The number of hydrogen-bond donors (Lipinski definition) is 0. The van der Waals surface area contributed by atoms with Gasteiger partial charge in [-0.15, -0.1) is 0 Å². The van der Waals surface area contributed by atoms with Crippen LogP contribution in [0.15, 0.2) is 29.2 Å². The monoisotopic (exact) mass is 397 g/mol. The van der Waals surface area contributed by atoms with Crippen molar-refractivity contribution in [3.63, 3.8) is 0 Å². The molecular formula is C23H27NO5. The Bertz CT molecular complexity index is 989. The smallest absolute Gasteiger partial charge is 0.343 e. The maximum atomic E-state index is 12.6. The predicted octanol–water partition coefficient (Wildman–Crippen LogP) is 4.00. The van der Waals surface area contributed by atoms with Gasteiger partial charge in [0.1, 0.15) is 5.56 Å². The summed E-state index contributed by atoms with van der Waals surface area (Å²) in [7, 11) is 1.63. The van der Waals surface area contributed by atoms with E-state index in [0.29, 0.717) is 18.3 Å². The van der Waals surface area contributed by atoms with Gasteiger partial charge in [-0.2, -0.15) is 0 Å². The summed E-state index contributed by atoms with van der Waals surface area (Å²) in [5.74, 6) is 1.49. The average molecular weight is 397 g/mol. The fraction of sp³-hybridized carbons (Fsp3) is 0.478. The molecule has 1 unspecified atom stereocenters. The second-order valence-corrected chi connectivity index (χ2v) is 7.75. The minimum atomic E-state index is -0.574. The lowest BCUT2D eigenvalue weighted by atomic mass is 9.90. The summed E-state index contributed by atoms with van der Waals surface area (Å²) < 4.78 is 18.7. The van der Waals surface area contributed by atoms with Gasteiger partial charge in [-0.3, -0.25) is 4.79 Å². The van der Waals surface area contributed by atoms with Crippen molar-refractivity contribution >= 4 is 5.97 Å². The molecule has 2 heterocycles. The molecule has 1 aromatic heterocycles. The van der Waals surface area contributed by atoms with Gasteiger partial charge in [0.2, 0.25) is 0 Å². The molecule has 154 valence electrons. The number of nitrogens with zero attached hydrogens (tertiary/aromatic N) is 1. The molecule has 1 aliphatic heterocycles. The zero-order chi connectivity index (χ0) is 20.5. The maximum Gasteiger partial charge on any atom is 0.343 e. The first-order valence-corrected chi connectivity index (χ1v) is 10.3. The molecule has 0 amide bonds. The Morgan fingerprint density at radius 1 is 1.17 bits per heavy atom. The van der Waals surface area contributed by atoms with Crippen molar-refractivity contribution in [2.75, 3.05) is 20.3 Å². The van der Waals surface area contributed by atoms with Gasteiger partial charge in [0.05, 0.1) is 26.0 Å². The molecule has 0 N–H and O–H groups in total. The van der Waals surface area contributed by atoms with E-state index in [2.05, 4.69) is 6.92 Å². The molecule has 6 heteroatoms. The normalized spacial score (nSPS) is 17.3. The number of hydrogen-bond acceptors (Lipinski definition) is 5. The Kier molecular flexibility index (Phi) is 5.35. The summed E-state index contributed by atoms with van der Waals surface area (Å²) in [5, 5.41) is 0. The molecule has 2 aromatic rings. The molecule has 1 aliphatic carbocycles. The van der Waals surface area contributed by atoms with Gasteiger partial charge >= 0.3 is 5.97 Å². The number of carbonyl (C=O) groups excluding carboxylic acids is 1. The summed E-state index contributed by atoms with van der Waals surface area (Å²) in [6, 6.07) is 5.68. The van der Waals surface area contributed by atoms with Gasteiger partial charge in [0, 0.05) is 23.9 Å². The van der Waals surface area contributed by atoms with E-state index in [-0.39, 0.29) is 23.6 Å². The van der Waals surface area contributed by atoms with Crippen LogP contribution in [0.2, 0.25) is 0 Å². The van der Waals surface area contributed by atoms with Gasteiger partial charge in [0.25, 0.3) is 0 Å². The number of esters is 1. The van der Waals surface area contributed by atoms with E-state index in [1.54, 1.807) is 20.2 Å². The third-order valence-electron chi connectivity index (χ3n) is 5.73. The minimum absolute atomic E-state index is 0.0776. The van der Waals surface area contributed by atoms with E-state index in [1.807, 2.05) is 16.7 Å². The molecule has 6 nitrogen and oxygen atoms in total. The number of methoxy groups -OCH3 is 1. The quantitative estimate of drug-likeness (QED) is 0.661. The average Bonchev–Trinajstić information content (AvgIpc) is 3.55. The fourth-order valence-electron chi connectivity index (χ4n) is 3.90. The Morgan fingerprint density at radius 2 is 1.97 bits per heavy atom. The molecule has 1 aromatic carbocycles.